The Morgan fingerprint density at radius 3 is 1.34 bits per heavy atom. The molecule has 0 spiro atoms. The molecule has 12 aromatic rings. The van der Waals surface area contributed by atoms with Gasteiger partial charge in [-0.15, -0.1) is 0 Å². The maximum Gasteiger partial charge on any atom is 0.0547 e. The zero-order valence-corrected chi connectivity index (χ0v) is 35.1. The van der Waals surface area contributed by atoms with Crippen LogP contribution in [0.1, 0.15) is 0 Å². The van der Waals surface area contributed by atoms with Gasteiger partial charge in [0.25, 0.3) is 0 Å². The zero-order chi connectivity index (χ0) is 42.4. The number of hydrogen-bond acceptors (Lipinski definition) is 1. The van der Waals surface area contributed by atoms with Gasteiger partial charge < -0.3 is 9.30 Å². The van der Waals surface area contributed by atoms with Gasteiger partial charge in [0, 0.05) is 34.2 Å². The monoisotopic (exact) mass is 814 g/mol. The molecule has 0 aliphatic rings. The molecular weight excluding hydrogens is 773 g/mol. The van der Waals surface area contributed by atoms with Gasteiger partial charge in [0.2, 0.25) is 0 Å². The highest BCUT2D eigenvalue weighted by Gasteiger charge is 2.20. The summed E-state index contributed by atoms with van der Waals surface area (Å²) in [6.45, 7) is 0. The molecule has 0 aliphatic heterocycles. The summed E-state index contributed by atoms with van der Waals surface area (Å²) in [5.74, 6) is 0. The molecule has 0 radical (unpaired) electrons. The Kier molecular flexibility index (Phi) is 9.20. The normalized spacial score (nSPS) is 11.4. The summed E-state index contributed by atoms with van der Waals surface area (Å²) in [6, 6.07) is 90.3. The minimum atomic E-state index is 1.09. The lowest BCUT2D eigenvalue weighted by molar-refractivity contribution is 1.28. The van der Waals surface area contributed by atoms with E-state index >= 15 is 0 Å². The number of benzene rings is 10. The van der Waals surface area contributed by atoms with Gasteiger partial charge >= 0.3 is 0 Å². The first kappa shape index (κ1) is 37.3. The van der Waals surface area contributed by atoms with Crippen LogP contribution in [-0.4, -0.2) is 4.40 Å². The van der Waals surface area contributed by atoms with Crippen LogP contribution in [0.25, 0.3) is 93.6 Å². The predicted octanol–water partition coefficient (Wildman–Crippen LogP) is 17.2. The van der Waals surface area contributed by atoms with Gasteiger partial charge in [-0.2, -0.15) is 0 Å². The topological polar surface area (TPSA) is 7.65 Å². The average Bonchev–Trinajstić information content (AvgIpc) is 3.70. The number of fused-ring (bicyclic) bond motifs is 5. The van der Waals surface area contributed by atoms with Crippen molar-refractivity contribution in [3.05, 3.63) is 255 Å². The van der Waals surface area contributed by atoms with E-state index in [4.69, 9.17) is 0 Å². The second kappa shape index (κ2) is 15.8. The summed E-state index contributed by atoms with van der Waals surface area (Å²) in [7, 11) is 0. The molecule has 2 nitrogen and oxygen atoms in total. The lowest BCUT2D eigenvalue weighted by Crippen LogP contribution is -2.09. The molecule has 2 heteroatoms. The van der Waals surface area contributed by atoms with Crippen LogP contribution in [0.5, 0.6) is 0 Å². The fraction of sp³-hybridized carbons (Fsp3) is 0. The van der Waals surface area contributed by atoms with E-state index in [0.29, 0.717) is 0 Å². The fourth-order valence-electron chi connectivity index (χ4n) is 9.64. The number of anilines is 3. The second-order valence-corrected chi connectivity index (χ2v) is 16.5. The SMILES string of the molecule is c1ccc(-c2ccc(-c3ccc(N(c4ccc(-c5cccc6ccccc56)cc4)c4ccc(-c5cccc6c5c(-c5ccccc5)c5cc7ccccc7cn56)cc4)cc3)cc2)cc1. The summed E-state index contributed by atoms with van der Waals surface area (Å²) in [5, 5.41) is 6.21. The summed E-state index contributed by atoms with van der Waals surface area (Å²) in [4.78, 5) is 2.37. The average molecular weight is 815 g/mol. The Morgan fingerprint density at radius 1 is 0.281 bits per heavy atom. The molecule has 0 saturated carbocycles. The van der Waals surface area contributed by atoms with Crippen LogP contribution in [0.3, 0.4) is 0 Å². The fourth-order valence-corrected chi connectivity index (χ4v) is 9.64. The first-order chi connectivity index (χ1) is 31.7. The number of nitrogens with zero attached hydrogens (tertiary/aromatic N) is 2. The molecule has 2 aromatic heterocycles. The molecule has 2 heterocycles. The van der Waals surface area contributed by atoms with Gasteiger partial charge in [0.15, 0.2) is 0 Å². The van der Waals surface area contributed by atoms with Crippen molar-refractivity contribution in [3.8, 4) is 55.6 Å². The molecule has 0 fully saturated rings. The van der Waals surface area contributed by atoms with E-state index in [9.17, 15) is 0 Å². The smallest absolute Gasteiger partial charge is 0.0547 e. The molecule has 0 aliphatic carbocycles. The Hall–Kier alpha value is -8.46. The molecule has 0 atom stereocenters. The van der Waals surface area contributed by atoms with Crippen molar-refractivity contribution >= 4 is 55.0 Å². The molecule has 10 aromatic carbocycles. The standard InChI is InChI=1S/C62H42N2/c1-3-13-43(14-4-1)44-25-27-45(28-26-44)46-29-35-53(36-30-46)64(54-37-31-48(32-38-54)57-22-11-20-47-15-9-10-21-56(47)57)55-39-33-49(34-40-55)58-23-12-24-59-62(58)61(50-16-5-2-6-17-50)60-41-51-18-7-8-19-52(51)42-63(59)60/h1-42H. The first-order valence-corrected chi connectivity index (χ1v) is 22.0. The quantitative estimate of drug-likeness (QED) is 0.148. The molecular formula is C62H42N2. The van der Waals surface area contributed by atoms with Crippen LogP contribution < -0.4 is 4.90 Å². The highest BCUT2D eigenvalue weighted by Crippen LogP contribution is 2.44. The maximum absolute atomic E-state index is 2.38. The first-order valence-electron chi connectivity index (χ1n) is 22.0. The van der Waals surface area contributed by atoms with Crippen LogP contribution in [0.4, 0.5) is 17.1 Å². The largest absolute Gasteiger partial charge is 0.315 e. The summed E-state index contributed by atoms with van der Waals surface area (Å²) < 4.78 is 2.38. The third-order valence-electron chi connectivity index (χ3n) is 12.8. The Balaban J connectivity index is 0.958. The lowest BCUT2D eigenvalue weighted by atomic mass is 9.95. The molecule has 12 rings (SSSR count). The second-order valence-electron chi connectivity index (χ2n) is 16.5. The highest BCUT2D eigenvalue weighted by atomic mass is 15.1. The molecule has 0 unspecified atom stereocenters. The third-order valence-corrected chi connectivity index (χ3v) is 12.8. The Labute approximate surface area is 373 Å². The number of rotatable bonds is 8. The van der Waals surface area contributed by atoms with E-state index in [0.717, 1.165) is 17.1 Å². The van der Waals surface area contributed by atoms with E-state index in [1.54, 1.807) is 0 Å². The van der Waals surface area contributed by atoms with E-state index < -0.39 is 0 Å². The molecule has 0 N–H and O–H groups in total. The number of aromatic nitrogens is 1. The molecule has 0 saturated heterocycles. The maximum atomic E-state index is 2.38. The summed E-state index contributed by atoms with van der Waals surface area (Å²) in [5.41, 5.74) is 17.8. The van der Waals surface area contributed by atoms with E-state index in [2.05, 4.69) is 264 Å². The van der Waals surface area contributed by atoms with E-state index in [1.807, 2.05) is 0 Å². The van der Waals surface area contributed by atoms with Crippen molar-refractivity contribution in [1.82, 2.24) is 4.40 Å². The highest BCUT2D eigenvalue weighted by molar-refractivity contribution is 6.14. The van der Waals surface area contributed by atoms with Crippen molar-refractivity contribution in [3.63, 3.8) is 0 Å². The van der Waals surface area contributed by atoms with Crippen molar-refractivity contribution in [2.75, 3.05) is 4.90 Å². The third kappa shape index (κ3) is 6.61. The Morgan fingerprint density at radius 2 is 0.719 bits per heavy atom. The van der Waals surface area contributed by atoms with Crippen molar-refractivity contribution in [1.29, 1.82) is 0 Å². The van der Waals surface area contributed by atoms with Gasteiger partial charge in [0.1, 0.15) is 0 Å². The summed E-state index contributed by atoms with van der Waals surface area (Å²) in [6.07, 6.45) is 2.29. The number of hydrogen-bond donors (Lipinski definition) is 0. The van der Waals surface area contributed by atoms with Gasteiger partial charge in [-0.1, -0.05) is 200 Å². The lowest BCUT2D eigenvalue weighted by Gasteiger charge is -2.26. The van der Waals surface area contributed by atoms with E-state index in [1.165, 1.54) is 93.6 Å². The minimum Gasteiger partial charge on any atom is -0.315 e. The molecule has 0 amide bonds. The Bertz CT molecular complexity index is 3600. The van der Waals surface area contributed by atoms with Crippen LogP contribution >= 0.6 is 0 Å². The van der Waals surface area contributed by atoms with Gasteiger partial charge in [0.05, 0.1) is 11.0 Å². The van der Waals surface area contributed by atoms with Gasteiger partial charge in [-0.25, -0.2) is 0 Å². The summed E-state index contributed by atoms with van der Waals surface area (Å²) >= 11 is 0. The predicted molar refractivity (Wildman–Crippen MR) is 272 cm³/mol. The molecule has 64 heavy (non-hydrogen) atoms. The molecule has 300 valence electrons. The van der Waals surface area contributed by atoms with Crippen LogP contribution in [-0.2, 0) is 0 Å². The molecule has 0 bridgehead atoms. The van der Waals surface area contributed by atoms with Crippen LogP contribution in [0.2, 0.25) is 0 Å². The zero-order valence-electron chi connectivity index (χ0n) is 35.1. The van der Waals surface area contributed by atoms with Crippen molar-refractivity contribution in [2.45, 2.75) is 0 Å². The van der Waals surface area contributed by atoms with Gasteiger partial charge in [-0.05, 0) is 120 Å². The van der Waals surface area contributed by atoms with Crippen LogP contribution in [0, 0.1) is 0 Å². The van der Waals surface area contributed by atoms with Gasteiger partial charge in [-0.3, -0.25) is 0 Å². The van der Waals surface area contributed by atoms with Crippen LogP contribution in [0.15, 0.2) is 255 Å². The van der Waals surface area contributed by atoms with E-state index in [-0.39, 0.29) is 0 Å². The number of pyridine rings is 1. The van der Waals surface area contributed by atoms with Crippen molar-refractivity contribution < 1.29 is 0 Å². The minimum absolute atomic E-state index is 1.09. The van der Waals surface area contributed by atoms with Crippen molar-refractivity contribution in [2.24, 2.45) is 0 Å².